The van der Waals surface area contributed by atoms with Crippen molar-refractivity contribution in [2.24, 2.45) is 0 Å². The van der Waals surface area contributed by atoms with Crippen LogP contribution in [-0.2, 0) is 19.4 Å². The Morgan fingerprint density at radius 1 is 1.32 bits per heavy atom. The van der Waals surface area contributed by atoms with E-state index in [2.05, 4.69) is 5.32 Å². The van der Waals surface area contributed by atoms with E-state index in [1.807, 2.05) is 13.8 Å². The quantitative estimate of drug-likeness (QED) is 0.698. The van der Waals surface area contributed by atoms with Crippen LogP contribution in [0.2, 0.25) is 0 Å². The van der Waals surface area contributed by atoms with Crippen LogP contribution in [0.4, 0.5) is 10.1 Å². The third kappa shape index (κ3) is 6.27. The molecule has 1 aliphatic rings. The van der Waals surface area contributed by atoms with E-state index >= 15 is 0 Å². The summed E-state index contributed by atoms with van der Waals surface area (Å²) in [6.45, 7) is 3.81. The van der Waals surface area contributed by atoms with E-state index < -0.39 is 15.7 Å². The molecule has 0 radical (unpaired) electrons. The molecular weight excluding hydrogens is 385 g/mol. The number of hydrogen-bond acceptors (Lipinski definition) is 5. The maximum Gasteiger partial charge on any atom is 0.238 e. The number of anilines is 1. The zero-order chi connectivity index (χ0) is 20.9. The lowest BCUT2D eigenvalue weighted by Gasteiger charge is -2.34. The van der Waals surface area contributed by atoms with Crippen LogP contribution in [0.15, 0.2) is 24.3 Å². The van der Waals surface area contributed by atoms with Crippen molar-refractivity contribution in [2.45, 2.75) is 38.8 Å². The highest BCUT2D eigenvalue weighted by Gasteiger charge is 2.36. The number of likely N-dealkylation sites (N-methyl/N-ethyl adjacent to an activating group) is 1. The number of halogens is 1. The highest BCUT2D eigenvalue weighted by atomic mass is 32.2. The number of carbonyl (C=O) groups excluding carboxylic acids is 2. The van der Waals surface area contributed by atoms with Gasteiger partial charge in [-0.05, 0) is 45.0 Å². The number of amides is 2. The lowest BCUT2D eigenvalue weighted by molar-refractivity contribution is -0.136. The van der Waals surface area contributed by atoms with Crippen LogP contribution < -0.4 is 5.32 Å². The number of nitrogens with one attached hydrogen (secondary N) is 1. The van der Waals surface area contributed by atoms with Crippen molar-refractivity contribution in [3.8, 4) is 0 Å². The molecule has 1 aromatic carbocycles. The number of benzene rings is 1. The SMILES string of the molecule is CC[C@@H](C)N(C(=O)CN(C)CC(=O)Nc1cccc(F)c1)[C@@H]1CCS(=O)(=O)C1. The lowest BCUT2D eigenvalue weighted by atomic mass is 10.1. The molecule has 9 heteroatoms. The van der Waals surface area contributed by atoms with Gasteiger partial charge in [0.2, 0.25) is 11.8 Å². The predicted molar refractivity (Wildman–Crippen MR) is 106 cm³/mol. The minimum atomic E-state index is -3.10. The van der Waals surface area contributed by atoms with Gasteiger partial charge >= 0.3 is 0 Å². The van der Waals surface area contributed by atoms with E-state index in [9.17, 15) is 22.4 Å². The van der Waals surface area contributed by atoms with Crippen LogP contribution in [0, 0.1) is 5.82 Å². The Morgan fingerprint density at radius 3 is 2.61 bits per heavy atom. The third-order valence-corrected chi connectivity index (χ3v) is 6.63. The molecule has 1 saturated heterocycles. The summed E-state index contributed by atoms with van der Waals surface area (Å²) in [5, 5.41) is 2.59. The Hall–Kier alpha value is -2.00. The Labute approximate surface area is 165 Å². The van der Waals surface area contributed by atoms with E-state index in [-0.39, 0.29) is 48.5 Å². The van der Waals surface area contributed by atoms with Crippen LogP contribution in [0.3, 0.4) is 0 Å². The van der Waals surface area contributed by atoms with E-state index in [0.717, 1.165) is 0 Å². The molecule has 1 fully saturated rings. The second-order valence-corrected chi connectivity index (χ2v) is 9.57. The molecule has 2 amide bonds. The van der Waals surface area contributed by atoms with Crippen molar-refractivity contribution >= 4 is 27.3 Å². The standard InChI is InChI=1S/C19H28FN3O4S/c1-4-14(2)23(17-8-9-28(26,27)13-17)19(25)12-22(3)11-18(24)21-16-7-5-6-15(20)10-16/h5-7,10,14,17H,4,8-9,11-13H2,1-3H3,(H,21,24)/t14-,17-/m1/s1. The summed E-state index contributed by atoms with van der Waals surface area (Å²) in [6.07, 6.45) is 1.16. The molecule has 0 saturated carbocycles. The molecule has 2 rings (SSSR count). The number of nitrogens with zero attached hydrogens (tertiary/aromatic N) is 2. The zero-order valence-electron chi connectivity index (χ0n) is 16.5. The van der Waals surface area contributed by atoms with Gasteiger partial charge in [0.25, 0.3) is 0 Å². The Morgan fingerprint density at radius 2 is 2.04 bits per heavy atom. The molecule has 1 heterocycles. The summed E-state index contributed by atoms with van der Waals surface area (Å²) in [5.41, 5.74) is 0.349. The van der Waals surface area contributed by atoms with Crippen LogP contribution in [0.5, 0.6) is 0 Å². The van der Waals surface area contributed by atoms with Crippen molar-refractivity contribution in [2.75, 3.05) is 37.0 Å². The molecule has 2 atom stereocenters. The Bertz CT molecular complexity index is 815. The molecule has 1 aromatic rings. The molecule has 1 aliphatic heterocycles. The lowest BCUT2D eigenvalue weighted by Crippen LogP contribution is -2.50. The van der Waals surface area contributed by atoms with Gasteiger partial charge < -0.3 is 10.2 Å². The summed E-state index contributed by atoms with van der Waals surface area (Å²) in [5.74, 6) is -0.912. The zero-order valence-corrected chi connectivity index (χ0v) is 17.3. The van der Waals surface area contributed by atoms with Gasteiger partial charge in [0, 0.05) is 17.8 Å². The minimum absolute atomic E-state index is 0.00252. The maximum absolute atomic E-state index is 13.2. The molecule has 1 N–H and O–H groups in total. The van der Waals surface area contributed by atoms with Crippen molar-refractivity contribution in [3.05, 3.63) is 30.1 Å². The van der Waals surface area contributed by atoms with Gasteiger partial charge in [-0.15, -0.1) is 0 Å². The first-order valence-corrected chi connectivity index (χ1v) is 11.2. The topological polar surface area (TPSA) is 86.8 Å². The van der Waals surface area contributed by atoms with Crippen LogP contribution in [0.25, 0.3) is 0 Å². The molecule has 0 aliphatic carbocycles. The smallest absolute Gasteiger partial charge is 0.238 e. The van der Waals surface area contributed by atoms with Gasteiger partial charge in [-0.25, -0.2) is 12.8 Å². The molecule has 0 bridgehead atoms. The third-order valence-electron chi connectivity index (χ3n) is 4.88. The van der Waals surface area contributed by atoms with Gasteiger partial charge in [-0.3, -0.25) is 14.5 Å². The molecule has 0 spiro atoms. The van der Waals surface area contributed by atoms with Crippen molar-refractivity contribution in [3.63, 3.8) is 0 Å². The molecule has 0 aromatic heterocycles. The largest absolute Gasteiger partial charge is 0.335 e. The fraction of sp³-hybridized carbons (Fsp3) is 0.579. The van der Waals surface area contributed by atoms with Gasteiger partial charge in [0.15, 0.2) is 9.84 Å². The summed E-state index contributed by atoms with van der Waals surface area (Å²) in [6, 6.07) is 5.18. The van der Waals surface area contributed by atoms with E-state index in [1.54, 1.807) is 22.9 Å². The predicted octanol–water partition coefficient (Wildman–Crippen LogP) is 1.51. The van der Waals surface area contributed by atoms with E-state index in [1.165, 1.54) is 18.2 Å². The second-order valence-electron chi connectivity index (χ2n) is 7.35. The summed E-state index contributed by atoms with van der Waals surface area (Å²) >= 11 is 0. The van der Waals surface area contributed by atoms with E-state index in [0.29, 0.717) is 18.5 Å². The Kier molecular flexibility index (Phi) is 7.54. The molecular formula is C19H28FN3O4S. The van der Waals surface area contributed by atoms with Gasteiger partial charge in [0.1, 0.15) is 5.82 Å². The molecule has 156 valence electrons. The maximum atomic E-state index is 13.2. The van der Waals surface area contributed by atoms with Crippen molar-refractivity contribution < 1.29 is 22.4 Å². The highest BCUT2D eigenvalue weighted by Crippen LogP contribution is 2.21. The average molecular weight is 414 g/mol. The van der Waals surface area contributed by atoms with E-state index in [4.69, 9.17) is 0 Å². The first-order valence-electron chi connectivity index (χ1n) is 9.37. The van der Waals surface area contributed by atoms with Crippen molar-refractivity contribution in [1.82, 2.24) is 9.80 Å². The molecule has 0 unspecified atom stereocenters. The molecule has 7 nitrogen and oxygen atoms in total. The Balaban J connectivity index is 1.95. The number of sulfone groups is 1. The normalized spacial score (nSPS) is 19.4. The van der Waals surface area contributed by atoms with Crippen LogP contribution in [-0.4, -0.2) is 73.8 Å². The number of hydrogen-bond donors (Lipinski definition) is 1. The van der Waals surface area contributed by atoms with Gasteiger partial charge in [0.05, 0.1) is 24.6 Å². The summed E-state index contributed by atoms with van der Waals surface area (Å²) in [4.78, 5) is 28.2. The van der Waals surface area contributed by atoms with Crippen molar-refractivity contribution in [1.29, 1.82) is 0 Å². The van der Waals surface area contributed by atoms with Crippen LogP contribution in [0.1, 0.15) is 26.7 Å². The monoisotopic (exact) mass is 413 g/mol. The average Bonchev–Trinajstić information content (AvgIpc) is 2.93. The van der Waals surface area contributed by atoms with Crippen LogP contribution >= 0.6 is 0 Å². The van der Waals surface area contributed by atoms with Gasteiger partial charge in [-0.1, -0.05) is 13.0 Å². The number of rotatable bonds is 8. The second kappa shape index (κ2) is 9.47. The minimum Gasteiger partial charge on any atom is -0.335 e. The summed E-state index contributed by atoms with van der Waals surface area (Å²) in [7, 11) is -1.46. The first kappa shape index (κ1) is 22.3. The summed E-state index contributed by atoms with van der Waals surface area (Å²) < 4.78 is 36.8. The van der Waals surface area contributed by atoms with Gasteiger partial charge in [-0.2, -0.15) is 0 Å². The fourth-order valence-corrected chi connectivity index (χ4v) is 5.09. The highest BCUT2D eigenvalue weighted by molar-refractivity contribution is 7.91. The first-order chi connectivity index (χ1) is 13.1. The fourth-order valence-electron chi connectivity index (χ4n) is 3.38. The molecule has 28 heavy (non-hydrogen) atoms. The number of carbonyl (C=O) groups is 2.